The zero-order valence-electron chi connectivity index (χ0n) is 20.1. The summed E-state index contributed by atoms with van der Waals surface area (Å²) in [6, 6.07) is 5.66. The van der Waals surface area contributed by atoms with Crippen molar-refractivity contribution in [3.8, 4) is 11.6 Å². The summed E-state index contributed by atoms with van der Waals surface area (Å²) >= 11 is 1.44. The molecule has 5 rings (SSSR count). The summed E-state index contributed by atoms with van der Waals surface area (Å²) in [4.78, 5) is 31.4. The van der Waals surface area contributed by atoms with E-state index in [0.717, 1.165) is 33.9 Å². The number of aromatic nitrogens is 3. The lowest BCUT2D eigenvalue weighted by atomic mass is 10.0. The van der Waals surface area contributed by atoms with E-state index in [4.69, 9.17) is 4.74 Å². The molecule has 2 aliphatic rings. The maximum absolute atomic E-state index is 13.8. The SMILES string of the molecule is O=C(c1cccc(OC(=O)C(F)(F)F)c1C(F)(F)F)N1CC2=C(C1)CN(c1ccc(OCc3cscn3)nn1)C2. The van der Waals surface area contributed by atoms with Crippen molar-refractivity contribution < 1.29 is 45.4 Å². The van der Waals surface area contributed by atoms with Crippen LogP contribution in [0.2, 0.25) is 0 Å². The molecule has 2 aromatic heterocycles. The molecule has 1 aromatic carbocycles. The minimum Gasteiger partial charge on any atom is -0.470 e. The van der Waals surface area contributed by atoms with Gasteiger partial charge in [0.15, 0.2) is 5.82 Å². The highest BCUT2D eigenvalue weighted by atomic mass is 32.1. The van der Waals surface area contributed by atoms with Crippen LogP contribution in [0.25, 0.3) is 0 Å². The number of anilines is 1. The van der Waals surface area contributed by atoms with Gasteiger partial charge in [-0.1, -0.05) is 6.07 Å². The second-order valence-corrected chi connectivity index (χ2v) is 9.51. The van der Waals surface area contributed by atoms with Crippen molar-refractivity contribution in [1.82, 2.24) is 20.1 Å². The summed E-state index contributed by atoms with van der Waals surface area (Å²) < 4.78 is 88.8. The van der Waals surface area contributed by atoms with Crippen LogP contribution in [0.4, 0.5) is 32.2 Å². The Bertz CT molecular complexity index is 1440. The normalized spacial score (nSPS) is 15.4. The van der Waals surface area contributed by atoms with E-state index < -0.39 is 41.1 Å². The summed E-state index contributed by atoms with van der Waals surface area (Å²) in [7, 11) is 0. The molecule has 0 saturated carbocycles. The van der Waals surface area contributed by atoms with Gasteiger partial charge >= 0.3 is 18.3 Å². The molecule has 0 spiro atoms. The molecular formula is C24H17F6N5O4S. The monoisotopic (exact) mass is 585 g/mol. The number of thiazole rings is 1. The number of halogens is 6. The Balaban J connectivity index is 1.24. The second kappa shape index (κ2) is 10.4. The van der Waals surface area contributed by atoms with Crippen molar-refractivity contribution in [3.05, 3.63) is 69.2 Å². The number of esters is 1. The zero-order chi connectivity index (χ0) is 28.7. The molecule has 0 atom stereocenters. The minimum absolute atomic E-state index is 0.0107. The second-order valence-electron chi connectivity index (χ2n) is 8.79. The topological polar surface area (TPSA) is 97.8 Å². The molecule has 210 valence electrons. The number of carbonyl (C=O) groups is 2. The Morgan fingerprint density at radius 1 is 0.950 bits per heavy atom. The van der Waals surface area contributed by atoms with Crippen molar-refractivity contribution in [1.29, 1.82) is 0 Å². The zero-order valence-corrected chi connectivity index (χ0v) is 20.9. The Kier molecular flexibility index (Phi) is 7.12. The molecular weight excluding hydrogens is 568 g/mol. The van der Waals surface area contributed by atoms with E-state index in [2.05, 4.69) is 19.9 Å². The van der Waals surface area contributed by atoms with E-state index in [0.29, 0.717) is 30.9 Å². The van der Waals surface area contributed by atoms with E-state index in [1.807, 2.05) is 10.3 Å². The van der Waals surface area contributed by atoms with Crippen molar-refractivity contribution in [2.24, 2.45) is 0 Å². The predicted octanol–water partition coefficient (Wildman–Crippen LogP) is 4.27. The van der Waals surface area contributed by atoms with Gasteiger partial charge in [0.05, 0.1) is 16.8 Å². The first-order valence-corrected chi connectivity index (χ1v) is 12.4. The molecule has 9 nitrogen and oxygen atoms in total. The molecule has 3 aromatic rings. The van der Waals surface area contributed by atoms with Gasteiger partial charge in [0, 0.05) is 37.6 Å². The van der Waals surface area contributed by atoms with Crippen LogP contribution >= 0.6 is 11.3 Å². The van der Waals surface area contributed by atoms with E-state index in [9.17, 15) is 35.9 Å². The molecule has 4 heterocycles. The van der Waals surface area contributed by atoms with Crippen LogP contribution in [-0.4, -0.2) is 64.3 Å². The van der Waals surface area contributed by atoms with Gasteiger partial charge in [0.2, 0.25) is 5.88 Å². The summed E-state index contributed by atoms with van der Waals surface area (Å²) in [5.41, 5.74) is 1.37. The average molecular weight is 585 g/mol. The summed E-state index contributed by atoms with van der Waals surface area (Å²) in [6.45, 7) is 0.961. The maximum atomic E-state index is 13.8. The fourth-order valence-corrected chi connectivity index (χ4v) is 4.86. The molecule has 0 radical (unpaired) electrons. The highest BCUT2D eigenvalue weighted by molar-refractivity contribution is 7.07. The van der Waals surface area contributed by atoms with Gasteiger partial charge in [0.1, 0.15) is 17.9 Å². The minimum atomic E-state index is -5.52. The lowest BCUT2D eigenvalue weighted by Crippen LogP contribution is -2.35. The van der Waals surface area contributed by atoms with Crippen molar-refractivity contribution in [3.63, 3.8) is 0 Å². The molecule has 16 heteroatoms. The first-order valence-electron chi connectivity index (χ1n) is 11.5. The predicted molar refractivity (Wildman–Crippen MR) is 127 cm³/mol. The van der Waals surface area contributed by atoms with Crippen LogP contribution in [0.1, 0.15) is 21.6 Å². The fraction of sp³-hybridized carbons (Fsp3) is 0.292. The fourth-order valence-electron chi connectivity index (χ4n) is 4.32. The summed E-state index contributed by atoms with van der Waals surface area (Å²) in [5, 5.41) is 10.0. The number of benzene rings is 1. The van der Waals surface area contributed by atoms with Crippen LogP contribution < -0.4 is 14.4 Å². The van der Waals surface area contributed by atoms with Crippen molar-refractivity contribution in [2.75, 3.05) is 31.1 Å². The Morgan fingerprint density at radius 3 is 2.25 bits per heavy atom. The van der Waals surface area contributed by atoms with Crippen LogP contribution in [-0.2, 0) is 17.6 Å². The summed E-state index contributed by atoms with van der Waals surface area (Å²) in [6.07, 6.45) is -10.8. The van der Waals surface area contributed by atoms with Crippen LogP contribution in [0, 0.1) is 0 Å². The number of alkyl halides is 6. The first-order chi connectivity index (χ1) is 18.9. The third-order valence-electron chi connectivity index (χ3n) is 6.09. The molecule has 2 aliphatic heterocycles. The highest BCUT2D eigenvalue weighted by Gasteiger charge is 2.45. The number of hydrogen-bond acceptors (Lipinski definition) is 9. The van der Waals surface area contributed by atoms with Gasteiger partial charge < -0.3 is 19.3 Å². The highest BCUT2D eigenvalue weighted by Crippen LogP contribution is 2.40. The molecule has 0 saturated heterocycles. The van der Waals surface area contributed by atoms with Gasteiger partial charge in [0.25, 0.3) is 5.91 Å². The quantitative estimate of drug-likeness (QED) is 0.183. The van der Waals surface area contributed by atoms with Crippen LogP contribution in [0.15, 0.2) is 52.4 Å². The van der Waals surface area contributed by atoms with E-state index in [-0.39, 0.29) is 19.7 Å². The third-order valence-corrected chi connectivity index (χ3v) is 6.72. The van der Waals surface area contributed by atoms with Crippen molar-refractivity contribution >= 4 is 29.0 Å². The number of rotatable bonds is 6. The molecule has 0 fully saturated rings. The molecule has 40 heavy (non-hydrogen) atoms. The molecule has 1 amide bonds. The van der Waals surface area contributed by atoms with Crippen LogP contribution in [0.5, 0.6) is 11.6 Å². The van der Waals surface area contributed by atoms with Gasteiger partial charge in [-0.2, -0.15) is 26.3 Å². The van der Waals surface area contributed by atoms with Gasteiger partial charge in [-0.3, -0.25) is 4.79 Å². The Labute approximate surface area is 225 Å². The van der Waals surface area contributed by atoms with E-state index in [1.54, 1.807) is 17.6 Å². The van der Waals surface area contributed by atoms with E-state index >= 15 is 0 Å². The smallest absolute Gasteiger partial charge is 0.470 e. The van der Waals surface area contributed by atoms with Gasteiger partial charge in [-0.05, 0) is 29.3 Å². The standard InChI is InChI=1S/C24H17F6N5O4S/c25-23(26,27)20-16(2-1-3-17(20)39-22(37)24(28,29)30)21(36)35-8-13-6-34(7-14(13)9-35)18-4-5-19(33-32-18)38-10-15-11-40-12-31-15/h1-5,11-12H,6-10H2. The van der Waals surface area contributed by atoms with E-state index in [1.165, 1.54) is 11.3 Å². The lowest BCUT2D eigenvalue weighted by molar-refractivity contribution is -0.190. The average Bonchev–Trinajstić information content (AvgIpc) is 3.63. The molecule has 0 aliphatic carbocycles. The van der Waals surface area contributed by atoms with Crippen molar-refractivity contribution in [2.45, 2.75) is 19.0 Å². The van der Waals surface area contributed by atoms with Crippen LogP contribution in [0.3, 0.4) is 0 Å². The maximum Gasteiger partial charge on any atom is 0.491 e. The number of hydrogen-bond donors (Lipinski definition) is 0. The molecule has 0 unspecified atom stereocenters. The van der Waals surface area contributed by atoms with Gasteiger partial charge in [-0.25, -0.2) is 9.78 Å². The lowest BCUT2D eigenvalue weighted by Gasteiger charge is -2.25. The third kappa shape index (κ3) is 5.71. The first kappa shape index (κ1) is 27.4. The molecule has 0 bridgehead atoms. The molecule has 0 N–H and O–H groups in total. The number of ether oxygens (including phenoxy) is 2. The largest absolute Gasteiger partial charge is 0.491 e. The summed E-state index contributed by atoms with van der Waals surface area (Å²) in [5.74, 6) is -4.45. The Morgan fingerprint density at radius 2 is 1.68 bits per heavy atom. The number of amides is 1. The Hall–Kier alpha value is -4.21. The number of nitrogens with zero attached hydrogens (tertiary/aromatic N) is 5. The van der Waals surface area contributed by atoms with Gasteiger partial charge in [-0.15, -0.1) is 21.5 Å². The number of carbonyl (C=O) groups excluding carboxylic acids is 2.